The average Bonchev–Trinajstić information content (AvgIpc) is 3.00. The van der Waals surface area contributed by atoms with E-state index >= 15 is 0 Å². The minimum atomic E-state index is 0.337. The third kappa shape index (κ3) is 3.27. The van der Waals surface area contributed by atoms with Crippen molar-refractivity contribution in [1.82, 2.24) is 5.32 Å². The summed E-state index contributed by atoms with van der Waals surface area (Å²) in [7, 11) is 1.70. The summed E-state index contributed by atoms with van der Waals surface area (Å²) in [4.78, 5) is 0. The number of nitrogens with one attached hydrogen (secondary N) is 1. The van der Waals surface area contributed by atoms with Crippen LogP contribution >= 0.6 is 0 Å². The average molecular weight is 281 g/mol. The Hall–Kier alpha value is -1.80. The van der Waals surface area contributed by atoms with Crippen LogP contribution in [-0.4, -0.2) is 7.11 Å². The fraction of sp³-hybridized carbons (Fsp3) is 0.368. The third-order valence-corrected chi connectivity index (χ3v) is 4.39. The molecule has 0 bridgehead atoms. The molecule has 0 aliphatic heterocycles. The molecular weight excluding hydrogens is 258 g/mol. The maximum absolute atomic E-state index is 5.20. The molecule has 21 heavy (non-hydrogen) atoms. The molecule has 0 spiro atoms. The highest BCUT2D eigenvalue weighted by molar-refractivity contribution is 5.35. The molecule has 1 atom stereocenters. The van der Waals surface area contributed by atoms with Gasteiger partial charge in [-0.1, -0.05) is 30.3 Å². The van der Waals surface area contributed by atoms with Gasteiger partial charge in [0.2, 0.25) is 0 Å². The largest absolute Gasteiger partial charge is 0.497 e. The van der Waals surface area contributed by atoms with Gasteiger partial charge in [-0.15, -0.1) is 0 Å². The van der Waals surface area contributed by atoms with Gasteiger partial charge in [-0.05, 0) is 60.6 Å². The van der Waals surface area contributed by atoms with Crippen molar-refractivity contribution in [2.24, 2.45) is 0 Å². The minimum Gasteiger partial charge on any atom is -0.497 e. The van der Waals surface area contributed by atoms with Crippen LogP contribution in [0.5, 0.6) is 5.75 Å². The first-order valence-corrected chi connectivity index (χ1v) is 7.74. The lowest BCUT2D eigenvalue weighted by Crippen LogP contribution is -2.18. The molecule has 110 valence electrons. The highest BCUT2D eigenvalue weighted by Gasteiger charge is 2.11. The quantitative estimate of drug-likeness (QED) is 0.893. The first-order valence-electron chi connectivity index (χ1n) is 7.74. The topological polar surface area (TPSA) is 21.3 Å². The van der Waals surface area contributed by atoms with Gasteiger partial charge in [0.05, 0.1) is 7.11 Å². The predicted molar refractivity (Wildman–Crippen MR) is 86.7 cm³/mol. The Balaban J connectivity index is 1.61. The minimum absolute atomic E-state index is 0.337. The molecule has 0 heterocycles. The van der Waals surface area contributed by atoms with Gasteiger partial charge in [0, 0.05) is 12.6 Å². The van der Waals surface area contributed by atoms with E-state index in [9.17, 15) is 0 Å². The van der Waals surface area contributed by atoms with Crippen molar-refractivity contribution in [3.05, 3.63) is 64.7 Å². The number of ether oxygens (including phenoxy) is 1. The highest BCUT2D eigenvalue weighted by Crippen LogP contribution is 2.23. The molecule has 0 radical (unpaired) electrons. The lowest BCUT2D eigenvalue weighted by atomic mass is 10.1. The summed E-state index contributed by atoms with van der Waals surface area (Å²) in [5.74, 6) is 0.907. The van der Waals surface area contributed by atoms with Crippen LogP contribution in [0.4, 0.5) is 0 Å². The Morgan fingerprint density at radius 2 is 1.81 bits per heavy atom. The molecule has 2 aromatic carbocycles. The fourth-order valence-corrected chi connectivity index (χ4v) is 3.02. The lowest BCUT2D eigenvalue weighted by molar-refractivity contribution is 0.414. The number of hydrogen-bond donors (Lipinski definition) is 1. The van der Waals surface area contributed by atoms with Gasteiger partial charge in [-0.2, -0.15) is 0 Å². The van der Waals surface area contributed by atoms with E-state index < -0.39 is 0 Å². The van der Waals surface area contributed by atoms with Crippen LogP contribution in [-0.2, 0) is 19.4 Å². The van der Waals surface area contributed by atoms with Crippen molar-refractivity contribution in [1.29, 1.82) is 0 Å². The monoisotopic (exact) mass is 281 g/mol. The molecule has 0 saturated heterocycles. The van der Waals surface area contributed by atoms with Gasteiger partial charge < -0.3 is 10.1 Å². The number of benzene rings is 2. The molecular formula is C19H23NO. The van der Waals surface area contributed by atoms with Crippen molar-refractivity contribution in [3.63, 3.8) is 0 Å². The van der Waals surface area contributed by atoms with E-state index in [0.29, 0.717) is 6.04 Å². The van der Waals surface area contributed by atoms with Crippen LogP contribution in [0.15, 0.2) is 42.5 Å². The first-order chi connectivity index (χ1) is 10.3. The molecule has 1 aliphatic rings. The van der Waals surface area contributed by atoms with Crippen molar-refractivity contribution < 1.29 is 4.74 Å². The van der Waals surface area contributed by atoms with Gasteiger partial charge in [0.25, 0.3) is 0 Å². The molecule has 2 nitrogen and oxygen atoms in total. The molecule has 0 amide bonds. The molecule has 0 aromatic heterocycles. The van der Waals surface area contributed by atoms with E-state index in [4.69, 9.17) is 4.74 Å². The smallest absolute Gasteiger partial charge is 0.118 e. The van der Waals surface area contributed by atoms with Crippen LogP contribution < -0.4 is 10.1 Å². The first kappa shape index (κ1) is 14.2. The van der Waals surface area contributed by atoms with E-state index in [1.807, 2.05) is 12.1 Å². The van der Waals surface area contributed by atoms with Crippen LogP contribution in [0.2, 0.25) is 0 Å². The van der Waals surface area contributed by atoms with Crippen molar-refractivity contribution in [2.45, 2.75) is 38.8 Å². The summed E-state index contributed by atoms with van der Waals surface area (Å²) in [6.45, 7) is 3.12. The van der Waals surface area contributed by atoms with Gasteiger partial charge >= 0.3 is 0 Å². The van der Waals surface area contributed by atoms with Crippen molar-refractivity contribution in [3.8, 4) is 5.75 Å². The number of methoxy groups -OCH3 is 1. The van der Waals surface area contributed by atoms with Crippen LogP contribution in [0.1, 0.15) is 41.6 Å². The fourth-order valence-electron chi connectivity index (χ4n) is 3.02. The van der Waals surface area contributed by atoms with Gasteiger partial charge in [-0.25, -0.2) is 0 Å². The number of hydrogen-bond acceptors (Lipinski definition) is 2. The van der Waals surface area contributed by atoms with Gasteiger partial charge in [0.15, 0.2) is 0 Å². The summed E-state index contributed by atoms with van der Waals surface area (Å²) >= 11 is 0. The summed E-state index contributed by atoms with van der Waals surface area (Å²) in [6, 6.07) is 15.6. The highest BCUT2D eigenvalue weighted by atomic mass is 16.5. The second-order valence-corrected chi connectivity index (χ2v) is 5.83. The van der Waals surface area contributed by atoms with E-state index in [2.05, 4.69) is 42.6 Å². The maximum Gasteiger partial charge on any atom is 0.118 e. The molecule has 3 rings (SSSR count). The van der Waals surface area contributed by atoms with E-state index in [0.717, 1.165) is 12.3 Å². The second-order valence-electron chi connectivity index (χ2n) is 5.83. The maximum atomic E-state index is 5.20. The standard InChI is InChI=1S/C19H23NO/c1-14(16-8-10-19(21-2)11-9-16)20-13-15-6-7-17-4-3-5-18(17)12-15/h6-12,14,20H,3-5,13H2,1-2H3/t14-/m0/s1. The molecule has 0 fully saturated rings. The zero-order chi connectivity index (χ0) is 14.7. The van der Waals surface area contributed by atoms with Crippen molar-refractivity contribution >= 4 is 0 Å². The Morgan fingerprint density at radius 1 is 1.05 bits per heavy atom. The SMILES string of the molecule is COc1ccc([C@H](C)NCc2ccc3c(c2)CCC3)cc1. The van der Waals surface area contributed by atoms with Gasteiger partial charge in [0.1, 0.15) is 5.75 Å². The lowest BCUT2D eigenvalue weighted by Gasteiger charge is -2.15. The second kappa shape index (κ2) is 6.31. The summed E-state index contributed by atoms with van der Waals surface area (Å²) in [5.41, 5.74) is 5.77. The molecule has 0 unspecified atom stereocenters. The zero-order valence-electron chi connectivity index (χ0n) is 12.9. The normalized spacial score (nSPS) is 14.8. The van der Waals surface area contributed by atoms with Crippen molar-refractivity contribution in [2.75, 3.05) is 7.11 Å². The number of fused-ring (bicyclic) bond motifs is 1. The third-order valence-electron chi connectivity index (χ3n) is 4.39. The summed E-state index contributed by atoms with van der Waals surface area (Å²) in [6.07, 6.45) is 3.82. The molecule has 2 heteroatoms. The molecule has 0 saturated carbocycles. The molecule has 2 aromatic rings. The van der Waals surface area contributed by atoms with Crippen LogP contribution in [0, 0.1) is 0 Å². The number of rotatable bonds is 5. The molecule has 1 aliphatic carbocycles. The van der Waals surface area contributed by atoms with E-state index in [1.165, 1.54) is 30.4 Å². The Labute approximate surface area is 127 Å². The Morgan fingerprint density at radius 3 is 2.57 bits per heavy atom. The van der Waals surface area contributed by atoms with Crippen LogP contribution in [0.3, 0.4) is 0 Å². The Kier molecular flexibility index (Phi) is 4.26. The van der Waals surface area contributed by atoms with Gasteiger partial charge in [-0.3, -0.25) is 0 Å². The van der Waals surface area contributed by atoms with Crippen LogP contribution in [0.25, 0.3) is 0 Å². The summed E-state index contributed by atoms with van der Waals surface area (Å²) < 4.78 is 5.20. The number of aryl methyl sites for hydroxylation is 2. The predicted octanol–water partition coefficient (Wildman–Crippen LogP) is 4.03. The van der Waals surface area contributed by atoms with E-state index in [1.54, 1.807) is 18.2 Å². The summed E-state index contributed by atoms with van der Waals surface area (Å²) in [5, 5.41) is 3.60. The van der Waals surface area contributed by atoms with E-state index in [-0.39, 0.29) is 0 Å². The Bertz CT molecular complexity index is 603. The molecule has 1 N–H and O–H groups in total. The zero-order valence-corrected chi connectivity index (χ0v) is 12.9.